The molecule has 0 amide bonds. The molecular formula is C18H28ClN. The third-order valence-corrected chi connectivity index (χ3v) is 4.69. The van der Waals surface area contributed by atoms with Crippen molar-refractivity contribution in [2.75, 3.05) is 13.1 Å². The standard InChI is InChI=1S/C18H28ClN/c1-14(2)12-20-13-17-6-4-3-5-16(17)11-15-7-9-18(19)10-8-15/h7-10,14,16-17,20H,3-6,11-13H2,1-2H3. The third-order valence-electron chi connectivity index (χ3n) is 4.44. The molecule has 1 saturated carbocycles. The second-order valence-electron chi connectivity index (χ2n) is 6.69. The second-order valence-corrected chi connectivity index (χ2v) is 7.12. The summed E-state index contributed by atoms with van der Waals surface area (Å²) in [5.41, 5.74) is 1.44. The first-order valence-corrected chi connectivity index (χ1v) is 8.48. The Morgan fingerprint density at radius 2 is 1.75 bits per heavy atom. The highest BCUT2D eigenvalue weighted by Gasteiger charge is 2.24. The van der Waals surface area contributed by atoms with E-state index in [4.69, 9.17) is 11.6 Å². The molecule has 0 spiro atoms. The summed E-state index contributed by atoms with van der Waals surface area (Å²) in [7, 11) is 0. The molecule has 2 rings (SSSR count). The third kappa shape index (κ3) is 5.10. The molecule has 0 aromatic heterocycles. The van der Waals surface area contributed by atoms with Crippen molar-refractivity contribution in [3.63, 3.8) is 0 Å². The molecule has 2 atom stereocenters. The van der Waals surface area contributed by atoms with Gasteiger partial charge in [-0.05, 0) is 67.8 Å². The highest BCUT2D eigenvalue weighted by Crippen LogP contribution is 2.32. The largest absolute Gasteiger partial charge is 0.316 e. The van der Waals surface area contributed by atoms with Crippen LogP contribution in [0.4, 0.5) is 0 Å². The molecule has 2 unspecified atom stereocenters. The zero-order valence-electron chi connectivity index (χ0n) is 12.9. The van der Waals surface area contributed by atoms with Crippen LogP contribution in [0.5, 0.6) is 0 Å². The first kappa shape index (κ1) is 15.9. The van der Waals surface area contributed by atoms with Gasteiger partial charge in [-0.1, -0.05) is 50.4 Å². The molecule has 0 aliphatic heterocycles. The number of benzene rings is 1. The fraction of sp³-hybridized carbons (Fsp3) is 0.667. The Hall–Kier alpha value is -0.530. The van der Waals surface area contributed by atoms with Crippen LogP contribution in [0.2, 0.25) is 5.02 Å². The summed E-state index contributed by atoms with van der Waals surface area (Å²) in [5.74, 6) is 2.43. The maximum atomic E-state index is 5.97. The molecule has 1 fully saturated rings. The van der Waals surface area contributed by atoms with E-state index in [1.165, 1.54) is 44.2 Å². The van der Waals surface area contributed by atoms with E-state index in [1.54, 1.807) is 0 Å². The number of hydrogen-bond acceptors (Lipinski definition) is 1. The molecule has 0 bridgehead atoms. The van der Waals surface area contributed by atoms with Gasteiger partial charge in [0.05, 0.1) is 0 Å². The minimum Gasteiger partial charge on any atom is -0.316 e. The van der Waals surface area contributed by atoms with Gasteiger partial charge in [-0.25, -0.2) is 0 Å². The highest BCUT2D eigenvalue weighted by molar-refractivity contribution is 6.30. The summed E-state index contributed by atoms with van der Waals surface area (Å²) < 4.78 is 0. The lowest BCUT2D eigenvalue weighted by Crippen LogP contribution is -2.33. The predicted molar refractivity (Wildman–Crippen MR) is 88.3 cm³/mol. The van der Waals surface area contributed by atoms with E-state index in [0.717, 1.165) is 29.3 Å². The van der Waals surface area contributed by atoms with Crippen LogP contribution in [0.25, 0.3) is 0 Å². The molecule has 1 aromatic carbocycles. The van der Waals surface area contributed by atoms with E-state index in [2.05, 4.69) is 31.3 Å². The first-order valence-electron chi connectivity index (χ1n) is 8.10. The first-order chi connectivity index (χ1) is 9.65. The zero-order chi connectivity index (χ0) is 14.4. The van der Waals surface area contributed by atoms with Crippen LogP contribution >= 0.6 is 11.6 Å². The van der Waals surface area contributed by atoms with Gasteiger partial charge in [-0.3, -0.25) is 0 Å². The molecule has 0 saturated heterocycles. The van der Waals surface area contributed by atoms with Gasteiger partial charge in [0.15, 0.2) is 0 Å². The normalized spacial score (nSPS) is 23.2. The van der Waals surface area contributed by atoms with Crippen LogP contribution in [-0.4, -0.2) is 13.1 Å². The predicted octanol–water partition coefficient (Wildman–Crippen LogP) is 4.93. The molecule has 1 N–H and O–H groups in total. The quantitative estimate of drug-likeness (QED) is 0.784. The molecule has 1 aromatic rings. The van der Waals surface area contributed by atoms with Crippen molar-refractivity contribution in [1.29, 1.82) is 0 Å². The molecule has 0 radical (unpaired) electrons. The average Bonchev–Trinajstić information content (AvgIpc) is 2.43. The van der Waals surface area contributed by atoms with Gasteiger partial charge >= 0.3 is 0 Å². The Bertz CT molecular complexity index is 385. The SMILES string of the molecule is CC(C)CNCC1CCCCC1Cc1ccc(Cl)cc1. The smallest absolute Gasteiger partial charge is 0.0406 e. The van der Waals surface area contributed by atoms with Crippen LogP contribution in [0.1, 0.15) is 45.1 Å². The lowest BCUT2D eigenvalue weighted by Gasteiger charge is -2.32. The fourth-order valence-electron chi connectivity index (χ4n) is 3.30. The Labute approximate surface area is 129 Å². The molecule has 20 heavy (non-hydrogen) atoms. The molecular weight excluding hydrogens is 266 g/mol. The van der Waals surface area contributed by atoms with Gasteiger partial charge in [0, 0.05) is 5.02 Å². The summed E-state index contributed by atoms with van der Waals surface area (Å²) >= 11 is 5.97. The molecule has 2 heteroatoms. The van der Waals surface area contributed by atoms with Crippen molar-refractivity contribution in [3.05, 3.63) is 34.9 Å². The zero-order valence-corrected chi connectivity index (χ0v) is 13.6. The van der Waals surface area contributed by atoms with Crippen LogP contribution in [-0.2, 0) is 6.42 Å². The van der Waals surface area contributed by atoms with E-state index >= 15 is 0 Å². The maximum Gasteiger partial charge on any atom is 0.0406 e. The van der Waals surface area contributed by atoms with Crippen molar-refractivity contribution in [2.45, 2.75) is 46.0 Å². The summed E-state index contributed by atoms with van der Waals surface area (Å²) in [5, 5.41) is 4.50. The van der Waals surface area contributed by atoms with Crippen molar-refractivity contribution >= 4 is 11.6 Å². The van der Waals surface area contributed by atoms with E-state index in [1.807, 2.05) is 12.1 Å². The van der Waals surface area contributed by atoms with Gasteiger partial charge in [0.1, 0.15) is 0 Å². The highest BCUT2D eigenvalue weighted by atomic mass is 35.5. The van der Waals surface area contributed by atoms with Gasteiger partial charge in [-0.15, -0.1) is 0 Å². The topological polar surface area (TPSA) is 12.0 Å². The summed E-state index contributed by atoms with van der Waals surface area (Å²) in [6.07, 6.45) is 6.80. The van der Waals surface area contributed by atoms with E-state index in [-0.39, 0.29) is 0 Å². The van der Waals surface area contributed by atoms with Crippen molar-refractivity contribution in [1.82, 2.24) is 5.32 Å². The summed E-state index contributed by atoms with van der Waals surface area (Å²) in [6, 6.07) is 8.42. The molecule has 112 valence electrons. The van der Waals surface area contributed by atoms with Gasteiger partial charge in [0.25, 0.3) is 0 Å². The Kier molecular flexibility index (Phi) is 6.38. The number of halogens is 1. The van der Waals surface area contributed by atoms with Crippen LogP contribution < -0.4 is 5.32 Å². The van der Waals surface area contributed by atoms with Gasteiger partial charge in [-0.2, -0.15) is 0 Å². The molecule has 1 aliphatic carbocycles. The van der Waals surface area contributed by atoms with Crippen LogP contribution in [0, 0.1) is 17.8 Å². The Morgan fingerprint density at radius 1 is 1.10 bits per heavy atom. The summed E-state index contributed by atoms with van der Waals surface area (Å²) in [6.45, 7) is 6.89. The lowest BCUT2D eigenvalue weighted by molar-refractivity contribution is 0.226. The maximum absolute atomic E-state index is 5.97. The van der Waals surface area contributed by atoms with Crippen LogP contribution in [0.3, 0.4) is 0 Å². The van der Waals surface area contributed by atoms with E-state index in [9.17, 15) is 0 Å². The molecule has 1 aliphatic rings. The average molecular weight is 294 g/mol. The van der Waals surface area contributed by atoms with Crippen LogP contribution in [0.15, 0.2) is 24.3 Å². The Balaban J connectivity index is 1.87. The van der Waals surface area contributed by atoms with Gasteiger partial charge < -0.3 is 5.32 Å². The Morgan fingerprint density at radius 3 is 2.40 bits per heavy atom. The monoisotopic (exact) mass is 293 g/mol. The lowest BCUT2D eigenvalue weighted by atomic mass is 9.76. The molecule has 1 nitrogen and oxygen atoms in total. The van der Waals surface area contributed by atoms with E-state index < -0.39 is 0 Å². The molecule has 0 heterocycles. The van der Waals surface area contributed by atoms with Crippen molar-refractivity contribution < 1.29 is 0 Å². The minimum atomic E-state index is 0.744. The van der Waals surface area contributed by atoms with Crippen molar-refractivity contribution in [3.8, 4) is 0 Å². The van der Waals surface area contributed by atoms with Crippen molar-refractivity contribution in [2.24, 2.45) is 17.8 Å². The number of hydrogen-bond donors (Lipinski definition) is 1. The fourth-order valence-corrected chi connectivity index (χ4v) is 3.43. The second kappa shape index (κ2) is 8.05. The minimum absolute atomic E-state index is 0.744. The number of nitrogens with one attached hydrogen (secondary N) is 1. The number of rotatable bonds is 6. The van der Waals surface area contributed by atoms with E-state index in [0.29, 0.717) is 0 Å². The van der Waals surface area contributed by atoms with Gasteiger partial charge in [0.2, 0.25) is 0 Å². The summed E-state index contributed by atoms with van der Waals surface area (Å²) in [4.78, 5) is 0.